The fourth-order valence-corrected chi connectivity index (χ4v) is 5.00. The smallest absolute Gasteiger partial charge is 0.243 e. The molecule has 9 heteroatoms. The average Bonchev–Trinajstić information content (AvgIpc) is 2.79. The van der Waals surface area contributed by atoms with E-state index >= 15 is 0 Å². The first-order valence-electron chi connectivity index (χ1n) is 11.7. The number of carbonyl (C=O) groups excluding carboxylic acids is 2. The summed E-state index contributed by atoms with van der Waals surface area (Å²) in [6.07, 6.45) is 0.890. The lowest BCUT2D eigenvalue weighted by Gasteiger charge is -2.33. The molecule has 1 N–H and O–H groups in total. The minimum absolute atomic E-state index is 0.113. The molecule has 0 saturated carbocycles. The van der Waals surface area contributed by atoms with Crippen LogP contribution in [0.4, 0.5) is 0 Å². The molecule has 192 valence electrons. The number of halogens is 1. The molecule has 1 atom stereocenters. The second-order valence-electron chi connectivity index (χ2n) is 9.55. The van der Waals surface area contributed by atoms with Gasteiger partial charge in [0.05, 0.1) is 4.90 Å². The molecular weight excluding hydrogens is 486 g/mol. The van der Waals surface area contributed by atoms with Gasteiger partial charge < -0.3 is 10.2 Å². The number of carbonyl (C=O) groups is 2. The molecule has 0 aliphatic heterocycles. The van der Waals surface area contributed by atoms with E-state index in [1.165, 1.54) is 11.4 Å². The molecule has 2 amide bonds. The van der Waals surface area contributed by atoms with Gasteiger partial charge in [-0.2, -0.15) is 0 Å². The summed E-state index contributed by atoms with van der Waals surface area (Å²) in [6, 6.07) is 14.7. The number of sulfonamides is 1. The van der Waals surface area contributed by atoms with Gasteiger partial charge in [-0.25, -0.2) is 12.7 Å². The van der Waals surface area contributed by atoms with E-state index in [2.05, 4.69) is 5.32 Å². The summed E-state index contributed by atoms with van der Waals surface area (Å²) in [6.45, 7) is 7.99. The van der Waals surface area contributed by atoms with Gasteiger partial charge in [0.2, 0.25) is 21.8 Å². The maximum Gasteiger partial charge on any atom is 0.243 e. The molecule has 0 heterocycles. The second kappa shape index (κ2) is 12.5. The van der Waals surface area contributed by atoms with Crippen molar-refractivity contribution < 1.29 is 18.0 Å². The van der Waals surface area contributed by atoms with Crippen LogP contribution >= 0.6 is 11.6 Å². The summed E-state index contributed by atoms with van der Waals surface area (Å²) in [7, 11) is -2.13. The lowest BCUT2D eigenvalue weighted by Crippen LogP contribution is -2.53. The van der Waals surface area contributed by atoms with Crippen LogP contribution in [0.1, 0.15) is 52.5 Å². The number of amides is 2. The quantitative estimate of drug-likeness (QED) is 0.473. The van der Waals surface area contributed by atoms with Crippen LogP contribution in [0.25, 0.3) is 0 Å². The van der Waals surface area contributed by atoms with Gasteiger partial charge in [-0.3, -0.25) is 9.59 Å². The van der Waals surface area contributed by atoms with Crippen molar-refractivity contribution in [3.05, 3.63) is 65.2 Å². The number of hydrogen-bond donors (Lipinski definition) is 1. The van der Waals surface area contributed by atoms with Crippen molar-refractivity contribution in [3.8, 4) is 0 Å². The topological polar surface area (TPSA) is 86.8 Å². The van der Waals surface area contributed by atoms with Gasteiger partial charge in [-0.05, 0) is 63.4 Å². The monoisotopic (exact) mass is 521 g/mol. The van der Waals surface area contributed by atoms with Gasteiger partial charge in [0.25, 0.3) is 0 Å². The standard InChI is InChI=1S/C26H36ClN3O4S/c1-6-23(25(32)28-26(2,3)4)30(19-20-14-16-21(27)17-15-20)24(31)13-10-18-29(5)35(33,34)22-11-8-7-9-12-22/h7-9,11-12,14-17,23H,6,10,13,18-19H2,1-5H3,(H,28,32)/t23-/m1/s1. The van der Waals surface area contributed by atoms with E-state index in [4.69, 9.17) is 11.6 Å². The van der Waals surface area contributed by atoms with Crippen LogP contribution in [-0.4, -0.2) is 54.6 Å². The highest BCUT2D eigenvalue weighted by atomic mass is 35.5. The molecule has 0 unspecified atom stereocenters. The Labute approximate surface area is 214 Å². The Balaban J connectivity index is 2.15. The fraction of sp³-hybridized carbons (Fsp3) is 0.462. The van der Waals surface area contributed by atoms with Crippen LogP contribution in [0.15, 0.2) is 59.5 Å². The largest absolute Gasteiger partial charge is 0.350 e. The van der Waals surface area contributed by atoms with Gasteiger partial charge in [0.1, 0.15) is 6.04 Å². The Morgan fingerprint density at radius 2 is 1.63 bits per heavy atom. The Hall–Kier alpha value is -2.42. The normalized spacial score (nSPS) is 12.9. The molecule has 2 rings (SSSR count). The highest BCUT2D eigenvalue weighted by Gasteiger charge is 2.30. The zero-order valence-corrected chi connectivity index (χ0v) is 22.7. The van der Waals surface area contributed by atoms with E-state index in [1.807, 2.05) is 39.8 Å². The maximum atomic E-state index is 13.3. The van der Waals surface area contributed by atoms with E-state index in [9.17, 15) is 18.0 Å². The zero-order chi connectivity index (χ0) is 26.2. The molecule has 2 aromatic rings. The van der Waals surface area contributed by atoms with Gasteiger partial charge in [-0.1, -0.05) is 48.9 Å². The highest BCUT2D eigenvalue weighted by molar-refractivity contribution is 7.89. The SMILES string of the molecule is CC[C@H](C(=O)NC(C)(C)C)N(Cc1ccc(Cl)cc1)C(=O)CCCN(C)S(=O)(=O)c1ccccc1. The Morgan fingerprint density at radius 1 is 1.03 bits per heavy atom. The van der Waals surface area contributed by atoms with Crippen molar-refractivity contribution in [1.82, 2.24) is 14.5 Å². The third kappa shape index (κ3) is 8.63. The number of nitrogens with one attached hydrogen (secondary N) is 1. The minimum atomic E-state index is -3.63. The average molecular weight is 522 g/mol. The van der Waals surface area contributed by atoms with Crippen molar-refractivity contribution in [2.75, 3.05) is 13.6 Å². The van der Waals surface area contributed by atoms with E-state index in [0.29, 0.717) is 17.9 Å². The Morgan fingerprint density at radius 3 is 2.17 bits per heavy atom. The summed E-state index contributed by atoms with van der Waals surface area (Å²) in [5, 5.41) is 3.56. The molecule has 0 bridgehead atoms. The molecule has 7 nitrogen and oxygen atoms in total. The first kappa shape index (κ1) is 28.8. The summed E-state index contributed by atoms with van der Waals surface area (Å²) < 4.78 is 26.8. The zero-order valence-electron chi connectivity index (χ0n) is 21.1. The van der Waals surface area contributed by atoms with Crippen LogP contribution in [0.2, 0.25) is 5.02 Å². The van der Waals surface area contributed by atoms with Gasteiger partial charge in [0, 0.05) is 37.1 Å². The molecule has 0 saturated heterocycles. The first-order chi connectivity index (χ1) is 16.3. The molecule has 2 aromatic carbocycles. The molecule has 35 heavy (non-hydrogen) atoms. The number of rotatable bonds is 11. The van der Waals surface area contributed by atoms with Crippen LogP contribution < -0.4 is 5.32 Å². The molecule has 0 aliphatic rings. The molecule has 0 spiro atoms. The number of hydrogen-bond acceptors (Lipinski definition) is 4. The molecule has 0 radical (unpaired) electrons. The van der Waals surface area contributed by atoms with Crippen LogP contribution in [0.3, 0.4) is 0 Å². The fourth-order valence-electron chi connectivity index (χ4n) is 3.65. The van der Waals surface area contributed by atoms with Crippen LogP contribution in [0.5, 0.6) is 0 Å². The van der Waals surface area contributed by atoms with Gasteiger partial charge in [0.15, 0.2) is 0 Å². The van der Waals surface area contributed by atoms with Crippen molar-refractivity contribution in [2.45, 2.75) is 70.0 Å². The third-order valence-electron chi connectivity index (χ3n) is 5.47. The Bertz CT molecular complexity index is 1080. The lowest BCUT2D eigenvalue weighted by molar-refractivity contribution is -0.142. The van der Waals surface area contributed by atoms with E-state index in [-0.39, 0.29) is 36.2 Å². The number of benzene rings is 2. The lowest BCUT2D eigenvalue weighted by atomic mass is 10.0. The third-order valence-corrected chi connectivity index (χ3v) is 7.59. The van der Waals surface area contributed by atoms with Crippen LogP contribution in [-0.2, 0) is 26.2 Å². The van der Waals surface area contributed by atoms with Crippen molar-refractivity contribution in [2.24, 2.45) is 0 Å². The first-order valence-corrected chi connectivity index (χ1v) is 13.5. The molecule has 0 aromatic heterocycles. The summed E-state index contributed by atoms with van der Waals surface area (Å²) >= 11 is 6.00. The van der Waals surface area contributed by atoms with E-state index < -0.39 is 21.6 Å². The maximum absolute atomic E-state index is 13.3. The minimum Gasteiger partial charge on any atom is -0.350 e. The summed E-state index contributed by atoms with van der Waals surface area (Å²) in [5.74, 6) is -0.424. The van der Waals surface area contributed by atoms with Gasteiger partial charge in [-0.15, -0.1) is 0 Å². The Kier molecular flexibility index (Phi) is 10.3. The van der Waals surface area contributed by atoms with Crippen molar-refractivity contribution in [3.63, 3.8) is 0 Å². The van der Waals surface area contributed by atoms with Crippen molar-refractivity contribution in [1.29, 1.82) is 0 Å². The molecular formula is C26H36ClN3O4S. The van der Waals surface area contributed by atoms with Crippen molar-refractivity contribution >= 4 is 33.4 Å². The highest BCUT2D eigenvalue weighted by Crippen LogP contribution is 2.18. The summed E-state index contributed by atoms with van der Waals surface area (Å²) in [5.41, 5.74) is 0.419. The van der Waals surface area contributed by atoms with E-state index in [1.54, 1.807) is 47.4 Å². The second-order valence-corrected chi connectivity index (χ2v) is 12.0. The predicted molar refractivity (Wildman–Crippen MR) is 139 cm³/mol. The van der Waals surface area contributed by atoms with E-state index in [0.717, 1.165) is 5.56 Å². The number of nitrogens with zero attached hydrogens (tertiary/aromatic N) is 2. The van der Waals surface area contributed by atoms with Crippen LogP contribution in [0, 0.1) is 0 Å². The summed E-state index contributed by atoms with van der Waals surface area (Å²) in [4.78, 5) is 28.2. The molecule has 0 fully saturated rings. The molecule has 0 aliphatic carbocycles. The predicted octanol–water partition coefficient (Wildman–Crippen LogP) is 4.46. The van der Waals surface area contributed by atoms with Gasteiger partial charge >= 0.3 is 0 Å².